The molecular formula is C18H29N3S. The number of thiazole rings is 1. The number of rotatable bonds is 6. The van der Waals surface area contributed by atoms with Crippen molar-refractivity contribution < 1.29 is 0 Å². The Morgan fingerprint density at radius 1 is 1.14 bits per heavy atom. The lowest BCUT2D eigenvalue weighted by atomic mass is 9.87. The van der Waals surface area contributed by atoms with Gasteiger partial charge in [-0.2, -0.15) is 5.10 Å². The zero-order valence-electron chi connectivity index (χ0n) is 14.9. The van der Waals surface area contributed by atoms with Crippen molar-refractivity contribution in [3.8, 4) is 0 Å². The van der Waals surface area contributed by atoms with E-state index in [-0.39, 0.29) is 5.41 Å². The van der Waals surface area contributed by atoms with E-state index in [0.717, 1.165) is 6.42 Å². The predicted molar refractivity (Wildman–Crippen MR) is 94.9 cm³/mol. The van der Waals surface area contributed by atoms with Crippen LogP contribution in [-0.2, 0) is 5.41 Å². The van der Waals surface area contributed by atoms with Gasteiger partial charge in [0.15, 0.2) is 0 Å². The number of nitrogens with zero attached hydrogens (tertiary/aromatic N) is 3. The van der Waals surface area contributed by atoms with Gasteiger partial charge in [0.05, 0.1) is 10.7 Å². The number of hydrogen-bond acceptors (Lipinski definition) is 3. The van der Waals surface area contributed by atoms with Crippen molar-refractivity contribution in [1.82, 2.24) is 14.8 Å². The lowest BCUT2D eigenvalue weighted by Gasteiger charge is -2.26. The molecule has 1 unspecified atom stereocenters. The summed E-state index contributed by atoms with van der Waals surface area (Å²) in [7, 11) is 0. The molecule has 0 fully saturated rings. The van der Waals surface area contributed by atoms with Gasteiger partial charge in [-0.3, -0.25) is 4.68 Å². The van der Waals surface area contributed by atoms with Crippen LogP contribution in [0.5, 0.6) is 0 Å². The molecule has 4 heteroatoms. The Hall–Kier alpha value is -1.16. The van der Waals surface area contributed by atoms with Crippen LogP contribution in [0.3, 0.4) is 0 Å². The van der Waals surface area contributed by atoms with E-state index >= 15 is 0 Å². The minimum absolute atomic E-state index is 0.0706. The first-order chi connectivity index (χ1) is 10.2. The summed E-state index contributed by atoms with van der Waals surface area (Å²) < 4.78 is 2.11. The second kappa shape index (κ2) is 6.53. The van der Waals surface area contributed by atoms with Crippen molar-refractivity contribution in [3.05, 3.63) is 34.0 Å². The number of hydrogen-bond donors (Lipinski definition) is 0. The molecule has 2 aromatic rings. The maximum absolute atomic E-state index is 4.72. The van der Waals surface area contributed by atoms with E-state index in [1.54, 1.807) is 0 Å². The fourth-order valence-electron chi connectivity index (χ4n) is 2.69. The summed E-state index contributed by atoms with van der Waals surface area (Å²) in [6.07, 6.45) is 5.19. The van der Waals surface area contributed by atoms with Gasteiger partial charge in [-0.05, 0) is 31.2 Å². The molecule has 0 radical (unpaired) electrons. The summed E-state index contributed by atoms with van der Waals surface area (Å²) >= 11 is 1.85. The third kappa shape index (κ3) is 3.78. The normalized spacial score (nSPS) is 14.0. The Morgan fingerprint density at radius 3 is 2.32 bits per heavy atom. The Labute approximate surface area is 138 Å². The minimum atomic E-state index is 0.0706. The van der Waals surface area contributed by atoms with E-state index in [0.29, 0.717) is 17.9 Å². The van der Waals surface area contributed by atoms with E-state index in [4.69, 9.17) is 5.10 Å². The molecule has 0 aliphatic heterocycles. The van der Waals surface area contributed by atoms with Crippen molar-refractivity contribution in [2.24, 2.45) is 0 Å². The van der Waals surface area contributed by atoms with Gasteiger partial charge >= 0.3 is 0 Å². The molecule has 0 aliphatic rings. The minimum Gasteiger partial charge on any atom is -0.270 e. The fraction of sp³-hybridized carbons (Fsp3) is 0.667. The Balaban J connectivity index is 2.12. The first-order valence-electron chi connectivity index (χ1n) is 8.22. The highest BCUT2D eigenvalue weighted by Gasteiger charge is 2.28. The monoisotopic (exact) mass is 319 g/mol. The second-order valence-corrected chi connectivity index (χ2v) is 8.60. The topological polar surface area (TPSA) is 30.7 Å². The van der Waals surface area contributed by atoms with Crippen LogP contribution in [0, 0.1) is 0 Å². The highest BCUT2D eigenvalue weighted by atomic mass is 32.1. The molecule has 2 rings (SSSR count). The van der Waals surface area contributed by atoms with Crippen LogP contribution < -0.4 is 0 Å². The van der Waals surface area contributed by atoms with Gasteiger partial charge in [-0.15, -0.1) is 11.3 Å². The van der Waals surface area contributed by atoms with Crippen molar-refractivity contribution in [2.75, 3.05) is 0 Å². The molecule has 0 saturated heterocycles. The Bertz CT molecular complexity index is 607. The van der Waals surface area contributed by atoms with Gasteiger partial charge in [0, 0.05) is 28.7 Å². The molecule has 0 bridgehead atoms. The molecule has 22 heavy (non-hydrogen) atoms. The standard InChI is InChI=1S/C18H29N3S/c1-12(2)15-8-9-21(20-15)14(5)10-18(6,7)17-19-11-16(22-17)13(3)4/h8-9,11-14H,10H2,1-7H3. The van der Waals surface area contributed by atoms with Gasteiger partial charge in [-0.1, -0.05) is 41.5 Å². The quantitative estimate of drug-likeness (QED) is 0.702. The van der Waals surface area contributed by atoms with Crippen LogP contribution >= 0.6 is 11.3 Å². The molecular weight excluding hydrogens is 290 g/mol. The second-order valence-electron chi connectivity index (χ2n) is 7.53. The Morgan fingerprint density at radius 2 is 1.82 bits per heavy atom. The van der Waals surface area contributed by atoms with E-state index in [1.807, 2.05) is 17.5 Å². The molecule has 0 saturated carbocycles. The molecule has 2 aromatic heterocycles. The van der Waals surface area contributed by atoms with Crippen molar-refractivity contribution in [2.45, 2.75) is 78.2 Å². The fourth-order valence-corrected chi connectivity index (χ4v) is 3.72. The van der Waals surface area contributed by atoms with Crippen LogP contribution in [0.2, 0.25) is 0 Å². The van der Waals surface area contributed by atoms with E-state index in [9.17, 15) is 0 Å². The molecule has 1 atom stereocenters. The molecule has 0 amide bonds. The molecule has 0 aromatic carbocycles. The molecule has 0 N–H and O–H groups in total. The van der Waals surface area contributed by atoms with Gasteiger partial charge in [0.2, 0.25) is 0 Å². The van der Waals surface area contributed by atoms with Crippen LogP contribution in [0.25, 0.3) is 0 Å². The van der Waals surface area contributed by atoms with E-state index < -0.39 is 0 Å². The summed E-state index contributed by atoms with van der Waals surface area (Å²) in [4.78, 5) is 6.05. The lowest BCUT2D eigenvalue weighted by Crippen LogP contribution is -2.22. The maximum Gasteiger partial charge on any atom is 0.0984 e. The smallest absolute Gasteiger partial charge is 0.0984 e. The molecule has 3 nitrogen and oxygen atoms in total. The maximum atomic E-state index is 4.72. The molecule has 0 aliphatic carbocycles. The Kier molecular flexibility index (Phi) is 5.10. The summed E-state index contributed by atoms with van der Waals surface area (Å²) in [5.41, 5.74) is 1.24. The van der Waals surface area contributed by atoms with E-state index in [1.165, 1.54) is 15.6 Å². The summed E-state index contributed by atoms with van der Waals surface area (Å²) in [5, 5.41) is 5.96. The summed E-state index contributed by atoms with van der Waals surface area (Å²) in [5.74, 6) is 1.04. The van der Waals surface area contributed by atoms with Crippen LogP contribution in [-0.4, -0.2) is 14.8 Å². The van der Waals surface area contributed by atoms with Gasteiger partial charge < -0.3 is 0 Å². The third-order valence-electron chi connectivity index (χ3n) is 4.15. The first-order valence-corrected chi connectivity index (χ1v) is 9.03. The van der Waals surface area contributed by atoms with Crippen LogP contribution in [0.15, 0.2) is 18.5 Å². The average molecular weight is 320 g/mol. The summed E-state index contributed by atoms with van der Waals surface area (Å²) in [6, 6.07) is 2.50. The lowest BCUT2D eigenvalue weighted by molar-refractivity contribution is 0.351. The summed E-state index contributed by atoms with van der Waals surface area (Å²) in [6.45, 7) is 15.6. The van der Waals surface area contributed by atoms with Crippen molar-refractivity contribution in [3.63, 3.8) is 0 Å². The van der Waals surface area contributed by atoms with Crippen LogP contribution in [0.4, 0.5) is 0 Å². The van der Waals surface area contributed by atoms with Gasteiger partial charge in [-0.25, -0.2) is 4.98 Å². The zero-order valence-corrected chi connectivity index (χ0v) is 15.7. The predicted octanol–water partition coefficient (Wildman–Crippen LogP) is 5.52. The average Bonchev–Trinajstić information content (AvgIpc) is 3.08. The van der Waals surface area contributed by atoms with Crippen molar-refractivity contribution >= 4 is 11.3 Å². The van der Waals surface area contributed by atoms with Gasteiger partial charge in [0.25, 0.3) is 0 Å². The van der Waals surface area contributed by atoms with Gasteiger partial charge in [0.1, 0.15) is 0 Å². The first kappa shape index (κ1) is 17.2. The van der Waals surface area contributed by atoms with E-state index in [2.05, 4.69) is 70.4 Å². The largest absolute Gasteiger partial charge is 0.270 e. The third-order valence-corrected chi connectivity index (χ3v) is 5.81. The SMILES string of the molecule is CC(C)c1ccn(C(C)CC(C)(C)c2ncc(C(C)C)s2)n1. The zero-order chi connectivity index (χ0) is 16.5. The molecule has 122 valence electrons. The number of aromatic nitrogens is 3. The highest BCUT2D eigenvalue weighted by Crippen LogP contribution is 2.36. The molecule has 2 heterocycles. The molecule has 0 spiro atoms. The van der Waals surface area contributed by atoms with Crippen molar-refractivity contribution in [1.29, 1.82) is 0 Å². The highest BCUT2D eigenvalue weighted by molar-refractivity contribution is 7.11. The van der Waals surface area contributed by atoms with Crippen LogP contribution in [0.1, 0.15) is 88.3 Å².